The average Bonchev–Trinajstić information content (AvgIpc) is 2.53. The van der Waals surface area contributed by atoms with E-state index >= 15 is 0 Å². The normalized spacial score (nSPS) is 11.5. The number of carbonyl (C=O) groups is 1. The van der Waals surface area contributed by atoms with E-state index in [9.17, 15) is 15.0 Å². The van der Waals surface area contributed by atoms with Crippen LogP contribution in [0.3, 0.4) is 0 Å². The van der Waals surface area contributed by atoms with Gasteiger partial charge in [-0.25, -0.2) is 0 Å². The minimum absolute atomic E-state index is 0.123. The van der Waals surface area contributed by atoms with Crippen LogP contribution < -0.4 is 0 Å². The third kappa shape index (κ3) is 4.13. The first kappa shape index (κ1) is 17.5. The first-order valence-electron chi connectivity index (χ1n) is 7.78. The Morgan fingerprint density at radius 2 is 1.00 bits per heavy atom. The molecule has 0 radical (unpaired) electrons. The number of rotatable bonds is 4. The molecule has 2 rings (SSSR count). The Balaban J connectivity index is 2.13. The molecule has 2 aromatic carbocycles. The van der Waals surface area contributed by atoms with Crippen LogP contribution in [-0.2, 0) is 4.79 Å². The second kappa shape index (κ2) is 7.18. The highest BCUT2D eigenvalue weighted by Crippen LogP contribution is 2.24. The fraction of sp³-hybridized carbons (Fsp3) is 0.190. The van der Waals surface area contributed by atoms with Crippen LogP contribution in [0.5, 0.6) is 11.5 Å². The van der Waals surface area contributed by atoms with Crippen molar-refractivity contribution in [3.63, 3.8) is 0 Å². The van der Waals surface area contributed by atoms with Gasteiger partial charge >= 0.3 is 0 Å². The van der Waals surface area contributed by atoms with Crippen LogP contribution in [0.4, 0.5) is 0 Å². The SMILES string of the molecule is Cc1cc(/C=C/C(=O)/C=C/c2cc(C)c(O)c(C)c2)cc(C)c1O. The highest BCUT2D eigenvalue weighted by molar-refractivity contribution is 6.04. The Labute approximate surface area is 142 Å². The van der Waals surface area contributed by atoms with Gasteiger partial charge in [0.25, 0.3) is 0 Å². The minimum atomic E-state index is -0.123. The van der Waals surface area contributed by atoms with Crippen LogP contribution in [0.15, 0.2) is 36.4 Å². The van der Waals surface area contributed by atoms with Gasteiger partial charge in [-0.2, -0.15) is 0 Å². The molecule has 0 saturated carbocycles. The van der Waals surface area contributed by atoms with Crippen molar-refractivity contribution >= 4 is 17.9 Å². The predicted octanol–water partition coefficient (Wildman–Crippen LogP) is 4.63. The first-order chi connectivity index (χ1) is 11.3. The molecule has 0 amide bonds. The number of hydrogen-bond acceptors (Lipinski definition) is 3. The summed E-state index contributed by atoms with van der Waals surface area (Å²) in [6, 6.07) is 7.34. The van der Waals surface area contributed by atoms with E-state index in [0.717, 1.165) is 33.4 Å². The molecule has 124 valence electrons. The molecule has 0 aliphatic heterocycles. The molecule has 2 N–H and O–H groups in total. The van der Waals surface area contributed by atoms with Crippen LogP contribution in [-0.4, -0.2) is 16.0 Å². The van der Waals surface area contributed by atoms with E-state index in [0.29, 0.717) is 0 Å². The van der Waals surface area contributed by atoms with Crippen molar-refractivity contribution in [3.8, 4) is 11.5 Å². The highest BCUT2D eigenvalue weighted by Gasteiger charge is 2.03. The predicted molar refractivity (Wildman–Crippen MR) is 98.2 cm³/mol. The summed E-state index contributed by atoms with van der Waals surface area (Å²) in [5, 5.41) is 19.5. The number of hydrogen-bond donors (Lipinski definition) is 2. The molecule has 0 spiro atoms. The van der Waals surface area contributed by atoms with Crippen molar-refractivity contribution in [1.29, 1.82) is 0 Å². The zero-order valence-corrected chi connectivity index (χ0v) is 14.4. The molecule has 0 unspecified atom stereocenters. The molecule has 3 nitrogen and oxygen atoms in total. The molecule has 0 aliphatic rings. The number of phenolic OH excluding ortho intramolecular Hbond substituents is 2. The Bertz CT molecular complexity index is 727. The Morgan fingerprint density at radius 1 is 0.708 bits per heavy atom. The molecule has 3 heteroatoms. The molecule has 0 atom stereocenters. The van der Waals surface area contributed by atoms with Gasteiger partial charge in [0.2, 0.25) is 0 Å². The van der Waals surface area contributed by atoms with Gasteiger partial charge in [0.05, 0.1) is 0 Å². The van der Waals surface area contributed by atoms with Crippen LogP contribution in [0.2, 0.25) is 0 Å². The molecule has 0 saturated heterocycles. The van der Waals surface area contributed by atoms with Crippen molar-refractivity contribution < 1.29 is 15.0 Å². The number of allylic oxidation sites excluding steroid dienone is 2. The number of aryl methyl sites for hydroxylation is 4. The van der Waals surface area contributed by atoms with E-state index in [1.54, 1.807) is 12.2 Å². The van der Waals surface area contributed by atoms with Crippen LogP contribution in [0.25, 0.3) is 12.2 Å². The maximum absolute atomic E-state index is 12.0. The van der Waals surface area contributed by atoms with Crippen LogP contribution >= 0.6 is 0 Å². The molecule has 0 heterocycles. The second-order valence-electron chi connectivity index (χ2n) is 6.08. The number of phenols is 2. The molecule has 2 aromatic rings. The van der Waals surface area contributed by atoms with Crippen molar-refractivity contribution in [3.05, 3.63) is 69.8 Å². The summed E-state index contributed by atoms with van der Waals surface area (Å²) in [4.78, 5) is 12.0. The summed E-state index contributed by atoms with van der Waals surface area (Å²) >= 11 is 0. The topological polar surface area (TPSA) is 57.5 Å². The average molecular weight is 322 g/mol. The summed E-state index contributed by atoms with van der Waals surface area (Å²) in [7, 11) is 0. The van der Waals surface area contributed by atoms with Gasteiger partial charge in [-0.3, -0.25) is 4.79 Å². The van der Waals surface area contributed by atoms with E-state index in [4.69, 9.17) is 0 Å². The fourth-order valence-corrected chi connectivity index (χ4v) is 2.58. The first-order valence-corrected chi connectivity index (χ1v) is 7.78. The zero-order valence-electron chi connectivity index (χ0n) is 14.4. The number of carbonyl (C=O) groups excluding carboxylic acids is 1. The van der Waals surface area contributed by atoms with E-state index < -0.39 is 0 Å². The minimum Gasteiger partial charge on any atom is -0.507 e. The molecule has 0 aromatic heterocycles. The van der Waals surface area contributed by atoms with E-state index in [1.165, 1.54) is 12.2 Å². The number of ketones is 1. The molecular weight excluding hydrogens is 300 g/mol. The monoisotopic (exact) mass is 322 g/mol. The second-order valence-corrected chi connectivity index (χ2v) is 6.08. The highest BCUT2D eigenvalue weighted by atomic mass is 16.3. The van der Waals surface area contributed by atoms with Crippen molar-refractivity contribution in [2.75, 3.05) is 0 Å². The fourth-order valence-electron chi connectivity index (χ4n) is 2.58. The standard InChI is InChI=1S/C21H22O3/c1-13-9-17(10-14(2)20(13)23)5-7-19(22)8-6-18-11-15(3)21(24)16(4)12-18/h5-12,23-24H,1-4H3/b7-5+,8-6+. The molecule has 0 fully saturated rings. The van der Waals surface area contributed by atoms with Crippen LogP contribution in [0.1, 0.15) is 33.4 Å². The van der Waals surface area contributed by atoms with Gasteiger partial charge in [0, 0.05) is 0 Å². The van der Waals surface area contributed by atoms with E-state index in [-0.39, 0.29) is 17.3 Å². The quantitative estimate of drug-likeness (QED) is 0.807. The Kier molecular flexibility index (Phi) is 5.24. The summed E-state index contributed by atoms with van der Waals surface area (Å²) in [6.07, 6.45) is 6.47. The van der Waals surface area contributed by atoms with E-state index in [2.05, 4.69) is 0 Å². The third-order valence-corrected chi connectivity index (χ3v) is 3.91. The third-order valence-electron chi connectivity index (χ3n) is 3.91. The summed E-state index contributed by atoms with van der Waals surface area (Å²) in [5.74, 6) is 0.453. The van der Waals surface area contributed by atoms with Gasteiger partial charge in [0.1, 0.15) is 11.5 Å². The summed E-state index contributed by atoms with van der Waals surface area (Å²) in [6.45, 7) is 7.32. The maximum Gasteiger partial charge on any atom is 0.178 e. The van der Waals surface area contributed by atoms with Gasteiger partial charge in [-0.1, -0.05) is 12.2 Å². The van der Waals surface area contributed by atoms with Gasteiger partial charge < -0.3 is 10.2 Å². The van der Waals surface area contributed by atoms with Crippen molar-refractivity contribution in [2.24, 2.45) is 0 Å². The largest absolute Gasteiger partial charge is 0.507 e. The van der Waals surface area contributed by atoms with E-state index in [1.807, 2.05) is 52.0 Å². The molecular formula is C21H22O3. The molecule has 24 heavy (non-hydrogen) atoms. The van der Waals surface area contributed by atoms with Crippen molar-refractivity contribution in [2.45, 2.75) is 27.7 Å². The number of benzene rings is 2. The summed E-state index contributed by atoms with van der Waals surface area (Å²) in [5.41, 5.74) is 4.89. The van der Waals surface area contributed by atoms with Crippen LogP contribution in [0, 0.1) is 27.7 Å². The summed E-state index contributed by atoms with van der Waals surface area (Å²) < 4.78 is 0. The van der Waals surface area contributed by atoms with Gasteiger partial charge in [0.15, 0.2) is 5.78 Å². The maximum atomic E-state index is 12.0. The lowest BCUT2D eigenvalue weighted by Gasteiger charge is -2.04. The number of aromatic hydroxyl groups is 2. The lowest BCUT2D eigenvalue weighted by Crippen LogP contribution is -1.88. The Morgan fingerprint density at radius 3 is 1.29 bits per heavy atom. The molecule has 0 bridgehead atoms. The Hall–Kier alpha value is -2.81. The molecule has 0 aliphatic carbocycles. The van der Waals surface area contributed by atoms with Gasteiger partial charge in [-0.15, -0.1) is 0 Å². The lowest BCUT2D eigenvalue weighted by atomic mass is 10.0. The van der Waals surface area contributed by atoms with Gasteiger partial charge in [-0.05, 0) is 97.5 Å². The lowest BCUT2D eigenvalue weighted by molar-refractivity contribution is -0.110. The smallest absolute Gasteiger partial charge is 0.178 e. The zero-order chi connectivity index (χ0) is 17.9. The van der Waals surface area contributed by atoms with Crippen molar-refractivity contribution in [1.82, 2.24) is 0 Å².